The zero-order valence-corrected chi connectivity index (χ0v) is 16.2. The maximum absolute atomic E-state index is 12.8. The third kappa shape index (κ3) is 6.17. The average molecular weight is 354 g/mol. The van der Waals surface area contributed by atoms with E-state index in [1.165, 1.54) is 0 Å². The van der Waals surface area contributed by atoms with E-state index >= 15 is 0 Å². The van der Waals surface area contributed by atoms with Crippen LogP contribution in [0.3, 0.4) is 0 Å². The predicted molar refractivity (Wildman–Crippen MR) is 98.2 cm³/mol. The molecule has 1 aliphatic carbocycles. The highest BCUT2D eigenvalue weighted by Gasteiger charge is 2.33. The summed E-state index contributed by atoms with van der Waals surface area (Å²) in [6, 6.07) is -0.131. The summed E-state index contributed by atoms with van der Waals surface area (Å²) in [5.41, 5.74) is -0.264. The van der Waals surface area contributed by atoms with Gasteiger partial charge in [-0.1, -0.05) is 6.42 Å². The quantitative estimate of drug-likeness (QED) is 0.728. The van der Waals surface area contributed by atoms with Crippen LogP contribution in [0.5, 0.6) is 0 Å². The minimum atomic E-state index is -0.329. The molecular weight excluding hydrogens is 318 g/mol. The molecule has 4 atom stereocenters. The van der Waals surface area contributed by atoms with Crippen LogP contribution in [0.1, 0.15) is 66.2 Å². The fourth-order valence-corrected chi connectivity index (χ4v) is 3.97. The van der Waals surface area contributed by atoms with Crippen LogP contribution in [0.4, 0.5) is 4.79 Å². The van der Waals surface area contributed by atoms with Gasteiger partial charge in [0.05, 0.1) is 6.10 Å². The van der Waals surface area contributed by atoms with Crippen molar-refractivity contribution in [3.63, 3.8) is 0 Å². The number of nitrogens with zero attached hydrogens (tertiary/aromatic N) is 1. The molecule has 3 N–H and O–H groups in total. The zero-order chi connectivity index (χ0) is 18.6. The van der Waals surface area contributed by atoms with Crippen molar-refractivity contribution in [2.24, 2.45) is 11.8 Å². The topological polar surface area (TPSA) is 81.7 Å². The third-order valence-corrected chi connectivity index (χ3v) is 5.32. The second kappa shape index (κ2) is 8.39. The Morgan fingerprint density at radius 2 is 1.88 bits per heavy atom. The Balaban J connectivity index is 1.87. The van der Waals surface area contributed by atoms with Crippen LogP contribution < -0.4 is 10.6 Å². The molecule has 2 fully saturated rings. The molecule has 3 amide bonds. The molecular formula is C19H35N3O3. The van der Waals surface area contributed by atoms with E-state index in [0.717, 1.165) is 38.6 Å². The molecule has 0 aromatic rings. The van der Waals surface area contributed by atoms with Gasteiger partial charge in [0.15, 0.2) is 0 Å². The summed E-state index contributed by atoms with van der Waals surface area (Å²) >= 11 is 0. The number of hydrogen-bond donors (Lipinski definition) is 3. The maximum atomic E-state index is 12.8. The summed E-state index contributed by atoms with van der Waals surface area (Å²) in [7, 11) is 0. The standard InChI is InChI=1S/C19H35N3O3/c1-13(20-18(25)21-19(2,3)4)15-8-6-10-22(12-15)17(24)14-7-5-9-16(23)11-14/h13-16,23H,5-12H2,1-4H3,(H2,20,21,25)/t13-,14+,15+,16+/m0/s1. The van der Waals surface area contributed by atoms with Crippen LogP contribution in [0.25, 0.3) is 0 Å². The Kier molecular flexibility index (Phi) is 6.72. The van der Waals surface area contributed by atoms with Crippen molar-refractivity contribution in [3.8, 4) is 0 Å². The van der Waals surface area contributed by atoms with Gasteiger partial charge in [0.2, 0.25) is 5.91 Å². The SMILES string of the molecule is C[C@H](NC(=O)NC(C)(C)C)[C@@H]1CCCN(C(=O)[C@@H]2CCC[C@@H](O)C2)C1. The van der Waals surface area contributed by atoms with Crippen molar-refractivity contribution in [2.75, 3.05) is 13.1 Å². The second-order valence-corrected chi connectivity index (χ2v) is 8.84. The molecule has 0 spiro atoms. The van der Waals surface area contributed by atoms with Gasteiger partial charge in [0.1, 0.15) is 0 Å². The van der Waals surface area contributed by atoms with Crippen molar-refractivity contribution in [3.05, 3.63) is 0 Å². The van der Waals surface area contributed by atoms with Crippen molar-refractivity contribution in [1.82, 2.24) is 15.5 Å². The molecule has 0 aromatic carbocycles. The van der Waals surface area contributed by atoms with Crippen LogP contribution >= 0.6 is 0 Å². The van der Waals surface area contributed by atoms with Crippen LogP contribution in [-0.2, 0) is 4.79 Å². The van der Waals surface area contributed by atoms with Crippen molar-refractivity contribution in [1.29, 1.82) is 0 Å². The lowest BCUT2D eigenvalue weighted by Crippen LogP contribution is -2.53. The number of amides is 3. The fourth-order valence-electron chi connectivity index (χ4n) is 3.97. The molecule has 6 nitrogen and oxygen atoms in total. The monoisotopic (exact) mass is 353 g/mol. The lowest BCUT2D eigenvalue weighted by molar-refractivity contribution is -0.139. The van der Waals surface area contributed by atoms with Crippen LogP contribution in [-0.4, -0.2) is 52.7 Å². The Hall–Kier alpha value is -1.30. The minimum Gasteiger partial charge on any atom is -0.393 e. The lowest BCUT2D eigenvalue weighted by Gasteiger charge is -2.39. The predicted octanol–water partition coefficient (Wildman–Crippen LogP) is 2.26. The molecule has 2 rings (SSSR count). The number of aliphatic hydroxyl groups excluding tert-OH is 1. The van der Waals surface area contributed by atoms with E-state index < -0.39 is 0 Å². The van der Waals surface area contributed by atoms with Crippen molar-refractivity contribution in [2.45, 2.75) is 83.9 Å². The second-order valence-electron chi connectivity index (χ2n) is 8.84. The number of rotatable bonds is 3. The molecule has 1 aliphatic heterocycles. The van der Waals surface area contributed by atoms with E-state index in [2.05, 4.69) is 10.6 Å². The van der Waals surface area contributed by atoms with Gasteiger partial charge < -0.3 is 20.6 Å². The maximum Gasteiger partial charge on any atom is 0.315 e. The molecule has 1 saturated heterocycles. The number of urea groups is 1. The summed E-state index contributed by atoms with van der Waals surface area (Å²) in [6.07, 6.45) is 4.90. The number of carbonyl (C=O) groups is 2. The molecule has 0 bridgehead atoms. The number of nitrogens with one attached hydrogen (secondary N) is 2. The van der Waals surface area contributed by atoms with Gasteiger partial charge in [-0.25, -0.2) is 4.79 Å². The van der Waals surface area contributed by atoms with E-state index in [-0.39, 0.29) is 41.5 Å². The van der Waals surface area contributed by atoms with Gasteiger partial charge in [-0.2, -0.15) is 0 Å². The first-order valence-corrected chi connectivity index (χ1v) is 9.71. The van der Waals surface area contributed by atoms with Crippen LogP contribution in [0.15, 0.2) is 0 Å². The molecule has 0 radical (unpaired) electrons. The summed E-state index contributed by atoms with van der Waals surface area (Å²) in [4.78, 5) is 26.8. The molecule has 0 aromatic heterocycles. The van der Waals surface area contributed by atoms with Gasteiger partial charge >= 0.3 is 6.03 Å². The smallest absolute Gasteiger partial charge is 0.315 e. The Morgan fingerprint density at radius 3 is 2.52 bits per heavy atom. The van der Waals surface area contributed by atoms with Gasteiger partial charge in [-0.3, -0.25) is 4.79 Å². The summed E-state index contributed by atoms with van der Waals surface area (Å²) in [6.45, 7) is 9.38. The van der Waals surface area contributed by atoms with E-state index in [1.54, 1.807) is 0 Å². The molecule has 25 heavy (non-hydrogen) atoms. The van der Waals surface area contributed by atoms with Gasteiger partial charge in [0, 0.05) is 30.6 Å². The summed E-state index contributed by atoms with van der Waals surface area (Å²) in [5.74, 6) is 0.432. The third-order valence-electron chi connectivity index (χ3n) is 5.32. The van der Waals surface area contributed by atoms with E-state index in [0.29, 0.717) is 13.0 Å². The first-order chi connectivity index (χ1) is 11.7. The molecule has 1 saturated carbocycles. The van der Waals surface area contributed by atoms with Crippen LogP contribution in [0.2, 0.25) is 0 Å². The average Bonchev–Trinajstić information content (AvgIpc) is 2.52. The highest BCUT2D eigenvalue weighted by molar-refractivity contribution is 5.79. The van der Waals surface area contributed by atoms with Gasteiger partial charge in [-0.15, -0.1) is 0 Å². The number of carbonyl (C=O) groups excluding carboxylic acids is 2. The Labute approximate surface area is 151 Å². The normalized spacial score (nSPS) is 29.0. The van der Waals surface area contributed by atoms with Gasteiger partial charge in [0.25, 0.3) is 0 Å². The van der Waals surface area contributed by atoms with Crippen LogP contribution in [0, 0.1) is 11.8 Å². The fraction of sp³-hybridized carbons (Fsp3) is 0.895. The zero-order valence-electron chi connectivity index (χ0n) is 16.2. The number of aliphatic hydroxyl groups is 1. The molecule has 6 heteroatoms. The molecule has 2 aliphatic rings. The number of likely N-dealkylation sites (tertiary alicyclic amines) is 1. The number of hydrogen-bond acceptors (Lipinski definition) is 3. The Morgan fingerprint density at radius 1 is 1.16 bits per heavy atom. The summed E-state index contributed by atoms with van der Waals surface area (Å²) < 4.78 is 0. The molecule has 144 valence electrons. The largest absolute Gasteiger partial charge is 0.393 e. The highest BCUT2D eigenvalue weighted by Crippen LogP contribution is 2.28. The Bertz CT molecular complexity index is 475. The first-order valence-electron chi connectivity index (χ1n) is 9.71. The van der Waals surface area contributed by atoms with E-state index in [1.807, 2.05) is 32.6 Å². The minimum absolute atomic E-state index is 0.0231. The lowest BCUT2D eigenvalue weighted by atomic mass is 9.85. The van der Waals surface area contributed by atoms with E-state index in [9.17, 15) is 14.7 Å². The first kappa shape index (κ1) is 20.0. The van der Waals surface area contributed by atoms with Crippen molar-refractivity contribution >= 4 is 11.9 Å². The van der Waals surface area contributed by atoms with Gasteiger partial charge in [-0.05, 0) is 65.7 Å². The molecule has 0 unspecified atom stereocenters. The van der Waals surface area contributed by atoms with E-state index in [4.69, 9.17) is 0 Å². The number of piperidine rings is 1. The summed E-state index contributed by atoms with van der Waals surface area (Å²) in [5, 5.41) is 15.8. The molecule has 1 heterocycles. The van der Waals surface area contributed by atoms with Crippen molar-refractivity contribution < 1.29 is 14.7 Å². The highest BCUT2D eigenvalue weighted by atomic mass is 16.3.